The Labute approximate surface area is 68.7 Å². The van der Waals surface area contributed by atoms with Crippen molar-refractivity contribution in [3.8, 4) is 0 Å². The van der Waals surface area contributed by atoms with Gasteiger partial charge in [-0.3, -0.25) is 9.89 Å². The molecule has 0 spiro atoms. The molecule has 0 fully saturated rings. The van der Waals surface area contributed by atoms with E-state index in [1.54, 1.807) is 6.92 Å². The van der Waals surface area contributed by atoms with Crippen LogP contribution in [0.15, 0.2) is 6.07 Å². The molecular weight excluding hydrogens is 160 g/mol. The molecule has 5 heteroatoms. The second-order valence-corrected chi connectivity index (χ2v) is 2.05. The molecule has 0 saturated heterocycles. The standard InChI is InChI=1S/C7H8N2O3/c1-2-12-7(11)6-3-5(4-10)8-9-6/h3-4H,2H2,1H3,(H,8,9). The topological polar surface area (TPSA) is 72.1 Å². The van der Waals surface area contributed by atoms with Crippen LogP contribution in [0.1, 0.15) is 27.9 Å². The molecular formula is C7H8N2O3. The summed E-state index contributed by atoms with van der Waals surface area (Å²) >= 11 is 0. The van der Waals surface area contributed by atoms with Crippen LogP contribution < -0.4 is 0 Å². The molecule has 0 unspecified atom stereocenters. The van der Waals surface area contributed by atoms with Crippen molar-refractivity contribution in [1.82, 2.24) is 10.2 Å². The summed E-state index contributed by atoms with van der Waals surface area (Å²) in [5.41, 5.74) is 0.386. The smallest absolute Gasteiger partial charge is 0.358 e. The molecule has 1 heterocycles. The highest BCUT2D eigenvalue weighted by Crippen LogP contribution is 1.98. The molecule has 0 aromatic carbocycles. The van der Waals surface area contributed by atoms with E-state index in [1.807, 2.05) is 0 Å². The minimum Gasteiger partial charge on any atom is -0.461 e. The molecule has 0 saturated carbocycles. The minimum absolute atomic E-state index is 0.124. The summed E-state index contributed by atoms with van der Waals surface area (Å²) in [5, 5.41) is 5.95. The van der Waals surface area contributed by atoms with Gasteiger partial charge in [-0.25, -0.2) is 4.79 Å². The lowest BCUT2D eigenvalue weighted by Crippen LogP contribution is -2.04. The number of aromatic nitrogens is 2. The first kappa shape index (κ1) is 8.45. The van der Waals surface area contributed by atoms with Crippen molar-refractivity contribution in [2.45, 2.75) is 6.92 Å². The number of aromatic amines is 1. The number of ether oxygens (including phenoxy) is 1. The molecule has 0 radical (unpaired) electrons. The molecule has 0 aliphatic heterocycles. The average molecular weight is 168 g/mol. The number of aldehydes is 1. The van der Waals surface area contributed by atoms with Gasteiger partial charge in [0.1, 0.15) is 0 Å². The molecule has 1 aromatic heterocycles. The van der Waals surface area contributed by atoms with Crippen LogP contribution in [0.4, 0.5) is 0 Å². The van der Waals surface area contributed by atoms with E-state index in [2.05, 4.69) is 14.9 Å². The number of carbonyl (C=O) groups is 2. The van der Waals surface area contributed by atoms with E-state index in [-0.39, 0.29) is 11.4 Å². The van der Waals surface area contributed by atoms with Gasteiger partial charge in [-0.2, -0.15) is 5.10 Å². The zero-order chi connectivity index (χ0) is 8.97. The van der Waals surface area contributed by atoms with Crippen LogP contribution in [-0.2, 0) is 4.74 Å². The predicted octanol–water partition coefficient (Wildman–Crippen LogP) is 0.399. The van der Waals surface area contributed by atoms with E-state index < -0.39 is 5.97 Å². The summed E-state index contributed by atoms with van der Waals surface area (Å²) in [6.07, 6.45) is 0.579. The Morgan fingerprint density at radius 3 is 3.08 bits per heavy atom. The van der Waals surface area contributed by atoms with Crippen LogP contribution in [-0.4, -0.2) is 29.1 Å². The third-order valence-corrected chi connectivity index (χ3v) is 1.21. The lowest BCUT2D eigenvalue weighted by Gasteiger charge is -1.94. The fraction of sp³-hybridized carbons (Fsp3) is 0.286. The second kappa shape index (κ2) is 3.66. The molecule has 1 aromatic rings. The van der Waals surface area contributed by atoms with Gasteiger partial charge in [0.05, 0.1) is 12.3 Å². The molecule has 64 valence electrons. The van der Waals surface area contributed by atoms with Gasteiger partial charge in [0.2, 0.25) is 0 Å². The number of hydrogen-bond donors (Lipinski definition) is 1. The Balaban J connectivity index is 2.74. The van der Waals surface area contributed by atoms with E-state index in [0.29, 0.717) is 12.9 Å². The van der Waals surface area contributed by atoms with Crippen LogP contribution in [0, 0.1) is 0 Å². The lowest BCUT2D eigenvalue weighted by atomic mass is 10.4. The third kappa shape index (κ3) is 1.69. The van der Waals surface area contributed by atoms with Gasteiger partial charge in [-0.15, -0.1) is 0 Å². The van der Waals surface area contributed by atoms with E-state index in [0.717, 1.165) is 0 Å². The molecule has 0 atom stereocenters. The second-order valence-electron chi connectivity index (χ2n) is 2.05. The van der Waals surface area contributed by atoms with Gasteiger partial charge in [-0.1, -0.05) is 0 Å². The van der Waals surface area contributed by atoms with Crippen LogP contribution in [0.5, 0.6) is 0 Å². The molecule has 0 amide bonds. The highest BCUT2D eigenvalue weighted by Gasteiger charge is 2.09. The first-order valence-corrected chi connectivity index (χ1v) is 3.45. The highest BCUT2D eigenvalue weighted by atomic mass is 16.5. The fourth-order valence-corrected chi connectivity index (χ4v) is 0.707. The van der Waals surface area contributed by atoms with Crippen LogP contribution >= 0.6 is 0 Å². The van der Waals surface area contributed by atoms with Gasteiger partial charge in [-0.05, 0) is 6.92 Å². The van der Waals surface area contributed by atoms with Gasteiger partial charge in [0.25, 0.3) is 0 Å². The maximum Gasteiger partial charge on any atom is 0.358 e. The number of nitrogens with zero attached hydrogens (tertiary/aromatic N) is 1. The summed E-state index contributed by atoms with van der Waals surface area (Å²) in [5.74, 6) is -0.526. The number of carbonyl (C=O) groups excluding carboxylic acids is 2. The van der Waals surface area contributed by atoms with Gasteiger partial charge in [0, 0.05) is 6.07 Å². The maximum atomic E-state index is 11.0. The van der Waals surface area contributed by atoms with Crippen LogP contribution in [0.2, 0.25) is 0 Å². The molecule has 0 aliphatic rings. The Morgan fingerprint density at radius 2 is 2.58 bits per heavy atom. The largest absolute Gasteiger partial charge is 0.461 e. The summed E-state index contributed by atoms with van der Waals surface area (Å²) in [7, 11) is 0. The fourth-order valence-electron chi connectivity index (χ4n) is 0.707. The van der Waals surface area contributed by atoms with Crippen molar-refractivity contribution in [2.75, 3.05) is 6.61 Å². The van der Waals surface area contributed by atoms with E-state index in [9.17, 15) is 9.59 Å². The number of rotatable bonds is 3. The highest BCUT2D eigenvalue weighted by molar-refractivity contribution is 5.89. The van der Waals surface area contributed by atoms with Crippen LogP contribution in [0.25, 0.3) is 0 Å². The van der Waals surface area contributed by atoms with Crippen molar-refractivity contribution in [1.29, 1.82) is 0 Å². The normalized spacial score (nSPS) is 9.42. The number of hydrogen-bond acceptors (Lipinski definition) is 4. The van der Waals surface area contributed by atoms with Gasteiger partial charge in [0.15, 0.2) is 12.0 Å². The lowest BCUT2D eigenvalue weighted by molar-refractivity contribution is 0.0519. The number of nitrogens with one attached hydrogen (secondary N) is 1. The van der Waals surface area contributed by atoms with Gasteiger partial charge < -0.3 is 4.74 Å². The summed E-state index contributed by atoms with van der Waals surface area (Å²) in [6, 6.07) is 1.34. The average Bonchev–Trinajstić information content (AvgIpc) is 2.52. The first-order chi connectivity index (χ1) is 5.77. The van der Waals surface area contributed by atoms with Crippen molar-refractivity contribution >= 4 is 12.3 Å². The van der Waals surface area contributed by atoms with Crippen molar-refractivity contribution in [3.63, 3.8) is 0 Å². The Bertz CT molecular complexity index is 293. The monoisotopic (exact) mass is 168 g/mol. The SMILES string of the molecule is CCOC(=O)c1cc(C=O)[nH]n1. The van der Waals surface area contributed by atoms with Crippen molar-refractivity contribution in [2.24, 2.45) is 0 Å². The van der Waals surface area contributed by atoms with E-state index in [4.69, 9.17) is 0 Å². The zero-order valence-corrected chi connectivity index (χ0v) is 6.53. The van der Waals surface area contributed by atoms with Crippen molar-refractivity contribution in [3.05, 3.63) is 17.5 Å². The summed E-state index contributed by atoms with van der Waals surface area (Å²) in [6.45, 7) is 1.99. The quantitative estimate of drug-likeness (QED) is 0.523. The number of H-pyrrole nitrogens is 1. The Hall–Kier alpha value is -1.65. The zero-order valence-electron chi connectivity index (χ0n) is 6.53. The first-order valence-electron chi connectivity index (χ1n) is 3.45. The maximum absolute atomic E-state index is 11.0. The molecule has 5 nitrogen and oxygen atoms in total. The molecule has 12 heavy (non-hydrogen) atoms. The molecule has 1 rings (SSSR count). The molecule has 1 N–H and O–H groups in total. The summed E-state index contributed by atoms with van der Waals surface area (Å²) in [4.78, 5) is 21.1. The summed E-state index contributed by atoms with van der Waals surface area (Å²) < 4.78 is 4.65. The Kier molecular flexibility index (Phi) is 2.57. The van der Waals surface area contributed by atoms with Gasteiger partial charge >= 0.3 is 5.97 Å². The van der Waals surface area contributed by atoms with Crippen molar-refractivity contribution < 1.29 is 14.3 Å². The Morgan fingerprint density at radius 1 is 1.83 bits per heavy atom. The van der Waals surface area contributed by atoms with E-state index >= 15 is 0 Å². The molecule has 0 aliphatic carbocycles. The van der Waals surface area contributed by atoms with E-state index in [1.165, 1.54) is 6.07 Å². The molecule has 0 bridgehead atoms. The minimum atomic E-state index is -0.526. The third-order valence-electron chi connectivity index (χ3n) is 1.21. The van der Waals surface area contributed by atoms with Crippen LogP contribution in [0.3, 0.4) is 0 Å². The number of esters is 1. The predicted molar refractivity (Wildman–Crippen MR) is 39.9 cm³/mol.